The van der Waals surface area contributed by atoms with Gasteiger partial charge in [-0.2, -0.15) is 13.2 Å². The molecule has 8 heteroatoms. The van der Waals surface area contributed by atoms with Crippen LogP contribution in [0.4, 0.5) is 13.2 Å². The molecule has 0 spiro atoms. The fourth-order valence-corrected chi connectivity index (χ4v) is 4.16. The molecule has 32 heavy (non-hydrogen) atoms. The maximum atomic E-state index is 13.1. The number of hydrogen-bond donors (Lipinski definition) is 0. The molecule has 0 bridgehead atoms. The molecule has 0 saturated carbocycles. The highest BCUT2D eigenvalue weighted by atomic mass is 19.4. The third-order valence-corrected chi connectivity index (χ3v) is 5.96. The Morgan fingerprint density at radius 1 is 1.19 bits per heavy atom. The first-order chi connectivity index (χ1) is 15.2. The van der Waals surface area contributed by atoms with Crippen LogP contribution in [0.15, 0.2) is 47.0 Å². The molecule has 4 rings (SSSR count). The molecule has 1 amide bonds. The van der Waals surface area contributed by atoms with Crippen molar-refractivity contribution in [2.24, 2.45) is 0 Å². The second kappa shape index (κ2) is 8.76. The summed E-state index contributed by atoms with van der Waals surface area (Å²) in [6.07, 6.45) is -2.45. The number of pyridine rings is 1. The Bertz CT molecular complexity index is 1100. The monoisotopic (exact) mass is 443 g/mol. The highest BCUT2D eigenvalue weighted by molar-refractivity contribution is 5.79. The first-order valence-electron chi connectivity index (χ1n) is 10.6. The Kier molecular flexibility index (Phi) is 6.04. The van der Waals surface area contributed by atoms with Crippen LogP contribution >= 0.6 is 0 Å². The average molecular weight is 443 g/mol. The molecule has 1 unspecified atom stereocenters. The quantitative estimate of drug-likeness (QED) is 0.548. The van der Waals surface area contributed by atoms with Gasteiger partial charge in [0.2, 0.25) is 5.91 Å². The van der Waals surface area contributed by atoms with Crippen molar-refractivity contribution in [3.63, 3.8) is 0 Å². The second-order valence-corrected chi connectivity index (χ2v) is 8.18. The van der Waals surface area contributed by atoms with Crippen molar-refractivity contribution in [3.8, 4) is 11.3 Å². The molecular weight excluding hydrogens is 419 g/mol. The minimum atomic E-state index is -4.40. The Morgan fingerprint density at radius 3 is 2.69 bits per heavy atom. The predicted molar refractivity (Wildman–Crippen MR) is 113 cm³/mol. The number of rotatable bonds is 4. The maximum Gasteiger partial charge on any atom is 0.416 e. The lowest BCUT2D eigenvalue weighted by molar-refractivity contribution is -0.137. The number of amides is 1. The molecule has 0 N–H and O–H groups in total. The van der Waals surface area contributed by atoms with Gasteiger partial charge >= 0.3 is 6.18 Å². The largest absolute Gasteiger partial charge is 0.416 e. The van der Waals surface area contributed by atoms with E-state index < -0.39 is 11.7 Å². The summed E-state index contributed by atoms with van der Waals surface area (Å²) in [5.41, 5.74) is 2.55. The van der Waals surface area contributed by atoms with Gasteiger partial charge in [0.05, 0.1) is 23.4 Å². The number of carbonyl (C=O) groups is 1. The van der Waals surface area contributed by atoms with Crippen LogP contribution in [0.3, 0.4) is 0 Å². The lowest BCUT2D eigenvalue weighted by atomic mass is 9.93. The van der Waals surface area contributed by atoms with Crippen molar-refractivity contribution in [1.82, 2.24) is 15.0 Å². The van der Waals surface area contributed by atoms with Gasteiger partial charge in [0.15, 0.2) is 0 Å². The Labute approximate surface area is 184 Å². The number of piperidine rings is 1. The number of nitrogens with zero attached hydrogens (tertiary/aromatic N) is 3. The highest BCUT2D eigenvalue weighted by Gasteiger charge is 2.31. The zero-order valence-corrected chi connectivity index (χ0v) is 17.9. The van der Waals surface area contributed by atoms with Crippen molar-refractivity contribution in [3.05, 3.63) is 70.7 Å². The SMILES string of the molecule is Cc1noc(C)c1CC(=O)N1CCCC(c2cccc(-c3cccc(C(F)(F)F)c3)n2)C1. The lowest BCUT2D eigenvalue weighted by Crippen LogP contribution is -2.40. The van der Waals surface area contributed by atoms with Crippen molar-refractivity contribution in [2.45, 2.75) is 45.2 Å². The number of carbonyl (C=O) groups excluding carboxylic acids is 1. The third-order valence-electron chi connectivity index (χ3n) is 5.96. The van der Waals surface area contributed by atoms with E-state index in [0.29, 0.717) is 30.1 Å². The molecule has 1 saturated heterocycles. The highest BCUT2D eigenvalue weighted by Crippen LogP contribution is 2.33. The van der Waals surface area contributed by atoms with Crippen molar-refractivity contribution in [1.29, 1.82) is 0 Å². The molecule has 1 atom stereocenters. The number of hydrogen-bond acceptors (Lipinski definition) is 4. The molecule has 0 radical (unpaired) electrons. The van der Waals surface area contributed by atoms with Gasteiger partial charge in [-0.05, 0) is 51.0 Å². The van der Waals surface area contributed by atoms with Crippen molar-refractivity contribution >= 4 is 5.91 Å². The van der Waals surface area contributed by atoms with Gasteiger partial charge in [-0.1, -0.05) is 23.4 Å². The Balaban J connectivity index is 1.51. The molecule has 1 aliphatic heterocycles. The first-order valence-corrected chi connectivity index (χ1v) is 10.6. The van der Waals surface area contributed by atoms with Crippen LogP contribution < -0.4 is 0 Å². The molecule has 5 nitrogen and oxygen atoms in total. The number of aryl methyl sites for hydroxylation is 2. The van der Waals surface area contributed by atoms with Gasteiger partial charge < -0.3 is 9.42 Å². The number of aromatic nitrogens is 2. The summed E-state index contributed by atoms with van der Waals surface area (Å²) in [7, 11) is 0. The fraction of sp³-hybridized carbons (Fsp3) is 0.375. The summed E-state index contributed by atoms with van der Waals surface area (Å²) in [6.45, 7) is 4.82. The van der Waals surface area contributed by atoms with E-state index in [0.717, 1.165) is 41.9 Å². The lowest BCUT2D eigenvalue weighted by Gasteiger charge is -2.32. The van der Waals surface area contributed by atoms with E-state index in [1.54, 1.807) is 19.1 Å². The zero-order chi connectivity index (χ0) is 22.9. The van der Waals surface area contributed by atoms with Crippen LogP contribution in [-0.2, 0) is 17.4 Å². The number of likely N-dealkylation sites (tertiary alicyclic amines) is 1. The van der Waals surface area contributed by atoms with Crippen LogP contribution in [-0.4, -0.2) is 34.0 Å². The van der Waals surface area contributed by atoms with Gasteiger partial charge in [0.1, 0.15) is 5.76 Å². The molecule has 3 aromatic rings. The fourth-order valence-electron chi connectivity index (χ4n) is 4.16. The molecule has 1 fully saturated rings. The number of benzene rings is 1. The Morgan fingerprint density at radius 2 is 1.97 bits per heavy atom. The normalized spacial score (nSPS) is 16.9. The van der Waals surface area contributed by atoms with E-state index in [1.807, 2.05) is 24.0 Å². The van der Waals surface area contributed by atoms with Gasteiger partial charge in [-0.25, -0.2) is 0 Å². The smallest absolute Gasteiger partial charge is 0.361 e. The minimum absolute atomic E-state index is 0.0122. The van der Waals surface area contributed by atoms with Gasteiger partial charge in [0, 0.05) is 35.8 Å². The van der Waals surface area contributed by atoms with Crippen molar-refractivity contribution < 1.29 is 22.5 Å². The molecule has 1 aliphatic rings. The van der Waals surface area contributed by atoms with Crippen LogP contribution in [0.25, 0.3) is 11.3 Å². The van der Waals surface area contributed by atoms with Crippen LogP contribution in [0, 0.1) is 13.8 Å². The van der Waals surface area contributed by atoms with E-state index in [4.69, 9.17) is 4.52 Å². The minimum Gasteiger partial charge on any atom is -0.361 e. The van der Waals surface area contributed by atoms with Crippen LogP contribution in [0.1, 0.15) is 47.0 Å². The van der Waals surface area contributed by atoms with Crippen molar-refractivity contribution in [2.75, 3.05) is 13.1 Å². The summed E-state index contributed by atoms with van der Waals surface area (Å²) in [4.78, 5) is 19.4. The van der Waals surface area contributed by atoms with E-state index in [2.05, 4.69) is 10.1 Å². The molecule has 1 aromatic carbocycles. The van der Waals surface area contributed by atoms with E-state index >= 15 is 0 Å². The average Bonchev–Trinajstić information content (AvgIpc) is 3.11. The topological polar surface area (TPSA) is 59.2 Å². The summed E-state index contributed by atoms with van der Waals surface area (Å²) in [6, 6.07) is 10.6. The maximum absolute atomic E-state index is 13.1. The Hall–Kier alpha value is -3.16. The van der Waals surface area contributed by atoms with Gasteiger partial charge in [-0.3, -0.25) is 9.78 Å². The van der Waals surface area contributed by atoms with E-state index in [9.17, 15) is 18.0 Å². The second-order valence-electron chi connectivity index (χ2n) is 8.18. The third kappa shape index (κ3) is 4.69. The van der Waals surface area contributed by atoms with Gasteiger partial charge in [-0.15, -0.1) is 0 Å². The number of halogens is 3. The first kappa shape index (κ1) is 22.0. The summed E-state index contributed by atoms with van der Waals surface area (Å²) >= 11 is 0. The van der Waals surface area contributed by atoms with Crippen LogP contribution in [0.5, 0.6) is 0 Å². The molecule has 168 valence electrons. The molecule has 0 aliphatic carbocycles. The molecule has 2 aromatic heterocycles. The summed E-state index contributed by atoms with van der Waals surface area (Å²) in [5, 5.41) is 3.91. The van der Waals surface area contributed by atoms with E-state index in [1.165, 1.54) is 6.07 Å². The standard InChI is InChI=1S/C24H24F3N3O2/c1-15-20(16(2)32-29-15)13-23(31)30-11-5-7-18(14-30)22-10-4-9-21(28-22)17-6-3-8-19(12-17)24(25,26)27/h3-4,6,8-10,12,18H,5,7,11,13-14H2,1-2H3. The summed E-state index contributed by atoms with van der Waals surface area (Å²) in [5.74, 6) is 0.695. The number of alkyl halides is 3. The molecular formula is C24H24F3N3O2. The summed E-state index contributed by atoms with van der Waals surface area (Å²) < 4.78 is 44.4. The van der Waals surface area contributed by atoms with Gasteiger partial charge in [0.25, 0.3) is 0 Å². The van der Waals surface area contributed by atoms with E-state index in [-0.39, 0.29) is 18.2 Å². The molecule has 3 heterocycles. The zero-order valence-electron chi connectivity index (χ0n) is 17.9. The predicted octanol–water partition coefficient (Wildman–Crippen LogP) is 5.32. The van der Waals surface area contributed by atoms with Crippen LogP contribution in [0.2, 0.25) is 0 Å².